The Hall–Kier alpha value is -2.77. The number of carboxylic acids is 1. The van der Waals surface area contributed by atoms with Crippen molar-refractivity contribution < 1.29 is 19.2 Å². The van der Waals surface area contributed by atoms with Gasteiger partial charge in [0.25, 0.3) is 5.91 Å². The first-order valence-electron chi connectivity index (χ1n) is 5.82. The number of carboxylic acid groups (broad SMARTS) is 1. The summed E-state index contributed by atoms with van der Waals surface area (Å²) < 4.78 is 4.79. The molecule has 0 atom stereocenters. The molecule has 20 heavy (non-hydrogen) atoms. The zero-order chi connectivity index (χ0) is 14.5. The minimum absolute atomic E-state index is 0.0763. The van der Waals surface area contributed by atoms with Gasteiger partial charge in [0, 0.05) is 13.0 Å². The van der Waals surface area contributed by atoms with Gasteiger partial charge in [0.1, 0.15) is 5.69 Å². The van der Waals surface area contributed by atoms with Crippen LogP contribution in [0.1, 0.15) is 32.4 Å². The molecular weight excluding hydrogens is 264 g/mol. The number of hydrogen-bond donors (Lipinski definition) is 2. The number of aromatic carboxylic acids is 1. The van der Waals surface area contributed by atoms with Crippen molar-refractivity contribution in [2.24, 2.45) is 0 Å². The van der Waals surface area contributed by atoms with Gasteiger partial charge < -0.3 is 14.9 Å². The number of nitrogens with one attached hydrogen (secondary N) is 1. The predicted octanol–water partition coefficient (Wildman–Crippen LogP) is 0.444. The highest BCUT2D eigenvalue weighted by Gasteiger charge is 2.13. The maximum absolute atomic E-state index is 11.8. The summed E-state index contributed by atoms with van der Waals surface area (Å²) >= 11 is 0. The Kier molecular flexibility index (Phi) is 4.04. The van der Waals surface area contributed by atoms with E-state index in [9.17, 15) is 9.59 Å². The predicted molar refractivity (Wildman–Crippen MR) is 66.3 cm³/mol. The fourth-order valence-electron chi connectivity index (χ4n) is 1.59. The molecule has 2 aromatic heterocycles. The SMILES string of the molecule is Cc1nc(C(=O)NCCc2ncno2)ccc1C(=O)O. The lowest BCUT2D eigenvalue weighted by Crippen LogP contribution is -2.27. The number of aromatic nitrogens is 3. The number of aryl methyl sites for hydroxylation is 1. The van der Waals surface area contributed by atoms with Gasteiger partial charge in [-0.1, -0.05) is 5.16 Å². The normalized spacial score (nSPS) is 10.2. The first-order valence-corrected chi connectivity index (χ1v) is 5.82. The van der Waals surface area contributed by atoms with Crippen molar-refractivity contribution >= 4 is 11.9 Å². The van der Waals surface area contributed by atoms with E-state index >= 15 is 0 Å². The second-order valence-corrected chi connectivity index (χ2v) is 3.98. The van der Waals surface area contributed by atoms with Crippen molar-refractivity contribution in [1.29, 1.82) is 0 Å². The lowest BCUT2D eigenvalue weighted by atomic mass is 10.2. The summed E-state index contributed by atoms with van der Waals surface area (Å²) in [5.74, 6) is -1.03. The number of amides is 1. The van der Waals surface area contributed by atoms with Crippen molar-refractivity contribution in [1.82, 2.24) is 20.4 Å². The van der Waals surface area contributed by atoms with Crippen LogP contribution in [0.2, 0.25) is 0 Å². The van der Waals surface area contributed by atoms with E-state index in [1.165, 1.54) is 18.5 Å². The number of hydrogen-bond acceptors (Lipinski definition) is 6. The van der Waals surface area contributed by atoms with Crippen LogP contribution in [-0.4, -0.2) is 38.7 Å². The molecule has 104 valence electrons. The Balaban J connectivity index is 1.95. The first kappa shape index (κ1) is 13.7. The highest BCUT2D eigenvalue weighted by molar-refractivity contribution is 5.94. The molecule has 0 bridgehead atoms. The summed E-state index contributed by atoms with van der Waals surface area (Å²) in [7, 11) is 0. The summed E-state index contributed by atoms with van der Waals surface area (Å²) in [5, 5.41) is 15.0. The van der Waals surface area contributed by atoms with Gasteiger partial charge in [0.2, 0.25) is 5.89 Å². The van der Waals surface area contributed by atoms with Crippen LogP contribution in [0.4, 0.5) is 0 Å². The summed E-state index contributed by atoms with van der Waals surface area (Å²) in [6, 6.07) is 2.73. The molecule has 2 aromatic rings. The van der Waals surface area contributed by atoms with Crippen LogP contribution in [0.3, 0.4) is 0 Å². The summed E-state index contributed by atoms with van der Waals surface area (Å²) in [4.78, 5) is 30.4. The number of carbonyl (C=O) groups is 2. The first-order chi connectivity index (χ1) is 9.58. The minimum Gasteiger partial charge on any atom is -0.478 e. The molecule has 8 nitrogen and oxygen atoms in total. The Labute approximate surface area is 113 Å². The van der Waals surface area contributed by atoms with Crippen LogP contribution >= 0.6 is 0 Å². The van der Waals surface area contributed by atoms with Gasteiger partial charge >= 0.3 is 5.97 Å². The maximum Gasteiger partial charge on any atom is 0.337 e. The van der Waals surface area contributed by atoms with E-state index in [-0.39, 0.29) is 17.2 Å². The van der Waals surface area contributed by atoms with Crippen molar-refractivity contribution in [2.75, 3.05) is 6.54 Å². The van der Waals surface area contributed by atoms with Crippen LogP contribution in [0.15, 0.2) is 23.0 Å². The average molecular weight is 276 g/mol. The molecule has 0 spiro atoms. The smallest absolute Gasteiger partial charge is 0.337 e. The van der Waals surface area contributed by atoms with Gasteiger partial charge in [0.05, 0.1) is 11.3 Å². The quantitative estimate of drug-likeness (QED) is 0.813. The van der Waals surface area contributed by atoms with Gasteiger partial charge in [-0.05, 0) is 19.1 Å². The van der Waals surface area contributed by atoms with Gasteiger partial charge in [-0.15, -0.1) is 0 Å². The lowest BCUT2D eigenvalue weighted by molar-refractivity contribution is 0.0694. The molecule has 2 rings (SSSR count). The van der Waals surface area contributed by atoms with Crippen molar-refractivity contribution in [3.05, 3.63) is 41.3 Å². The monoisotopic (exact) mass is 276 g/mol. The maximum atomic E-state index is 11.8. The molecule has 0 aliphatic carbocycles. The van der Waals surface area contributed by atoms with Gasteiger partial charge in [-0.25, -0.2) is 9.78 Å². The largest absolute Gasteiger partial charge is 0.478 e. The van der Waals surface area contributed by atoms with Crippen LogP contribution in [-0.2, 0) is 6.42 Å². The third-order valence-electron chi connectivity index (χ3n) is 2.58. The molecule has 0 aromatic carbocycles. The Morgan fingerprint density at radius 3 is 2.80 bits per heavy atom. The minimum atomic E-state index is -1.07. The van der Waals surface area contributed by atoms with E-state index < -0.39 is 5.97 Å². The molecule has 0 unspecified atom stereocenters. The van der Waals surface area contributed by atoms with Crippen LogP contribution in [0.25, 0.3) is 0 Å². The Bertz CT molecular complexity index is 624. The highest BCUT2D eigenvalue weighted by Crippen LogP contribution is 2.07. The Morgan fingerprint density at radius 2 is 2.20 bits per heavy atom. The van der Waals surface area contributed by atoms with E-state index in [0.29, 0.717) is 24.6 Å². The molecule has 2 heterocycles. The summed E-state index contributed by atoms with van der Waals surface area (Å²) in [6.45, 7) is 1.86. The molecule has 8 heteroatoms. The van der Waals surface area contributed by atoms with Crippen molar-refractivity contribution in [3.63, 3.8) is 0 Å². The topological polar surface area (TPSA) is 118 Å². The third kappa shape index (κ3) is 3.16. The Morgan fingerprint density at radius 1 is 1.40 bits per heavy atom. The fraction of sp³-hybridized carbons (Fsp3) is 0.250. The van der Waals surface area contributed by atoms with Crippen LogP contribution in [0, 0.1) is 6.92 Å². The van der Waals surface area contributed by atoms with Crippen LogP contribution < -0.4 is 5.32 Å². The van der Waals surface area contributed by atoms with Gasteiger partial charge in [-0.2, -0.15) is 4.98 Å². The fourth-order valence-corrected chi connectivity index (χ4v) is 1.59. The van der Waals surface area contributed by atoms with E-state index in [0.717, 1.165) is 0 Å². The second-order valence-electron chi connectivity index (χ2n) is 3.98. The molecule has 0 saturated carbocycles. The lowest BCUT2D eigenvalue weighted by Gasteiger charge is -2.05. The summed E-state index contributed by atoms with van der Waals surface area (Å²) in [6.07, 6.45) is 1.70. The van der Waals surface area contributed by atoms with Crippen LogP contribution in [0.5, 0.6) is 0 Å². The number of nitrogens with zero attached hydrogens (tertiary/aromatic N) is 3. The third-order valence-corrected chi connectivity index (χ3v) is 2.58. The molecule has 1 amide bonds. The standard InChI is InChI=1S/C12H12N4O4/c1-7-8(12(18)19)2-3-9(16-7)11(17)13-5-4-10-14-6-15-20-10/h2-3,6H,4-5H2,1H3,(H,13,17)(H,18,19). The second kappa shape index (κ2) is 5.91. The summed E-state index contributed by atoms with van der Waals surface area (Å²) in [5.41, 5.74) is 0.535. The van der Waals surface area contributed by atoms with E-state index in [1.807, 2.05) is 0 Å². The van der Waals surface area contributed by atoms with Gasteiger partial charge in [-0.3, -0.25) is 4.79 Å². The molecule has 0 fully saturated rings. The molecule has 0 aliphatic rings. The van der Waals surface area contributed by atoms with E-state index in [1.54, 1.807) is 6.92 Å². The van der Waals surface area contributed by atoms with Crippen molar-refractivity contribution in [2.45, 2.75) is 13.3 Å². The molecule has 2 N–H and O–H groups in total. The zero-order valence-electron chi connectivity index (χ0n) is 10.7. The van der Waals surface area contributed by atoms with Gasteiger partial charge in [0.15, 0.2) is 6.33 Å². The zero-order valence-corrected chi connectivity index (χ0v) is 10.7. The number of carbonyl (C=O) groups excluding carboxylic acids is 1. The highest BCUT2D eigenvalue weighted by atomic mass is 16.5. The van der Waals surface area contributed by atoms with E-state index in [4.69, 9.17) is 9.63 Å². The molecule has 0 aliphatic heterocycles. The molecule has 0 saturated heterocycles. The van der Waals surface area contributed by atoms with Crippen molar-refractivity contribution in [3.8, 4) is 0 Å². The molecular formula is C12H12N4O4. The molecule has 0 radical (unpaired) electrons. The number of pyridine rings is 1. The average Bonchev–Trinajstić information content (AvgIpc) is 2.91. The van der Waals surface area contributed by atoms with E-state index in [2.05, 4.69) is 20.4 Å². The number of rotatable bonds is 5.